The molecular weight excluding hydrogens is 390 g/mol. The zero-order valence-corrected chi connectivity index (χ0v) is 17.6. The lowest BCUT2D eigenvalue weighted by molar-refractivity contribution is -0.135. The van der Waals surface area contributed by atoms with Gasteiger partial charge >= 0.3 is 0 Å². The van der Waals surface area contributed by atoms with E-state index in [0.29, 0.717) is 30.4 Å². The Hall–Kier alpha value is -3.48. The van der Waals surface area contributed by atoms with Crippen LogP contribution >= 0.6 is 0 Å². The quantitative estimate of drug-likeness (QED) is 0.478. The van der Waals surface area contributed by atoms with Gasteiger partial charge in [0, 0.05) is 36.9 Å². The standard InChI is InChI=1S/C24H25N5O2/c1-17-16-18-8-2-3-10-20(18)28(17)15-12-22(30)29-14-7-5-11-21(29)24-27-26-23(31-24)19-9-4-6-13-25-19/h2-4,6,8-10,13,16,21H,5,7,11-12,14-15H2,1H3/t21-/m0/s1. The number of likely N-dealkylation sites (tertiary alicyclic amines) is 1. The summed E-state index contributed by atoms with van der Waals surface area (Å²) in [6.45, 7) is 3.46. The normalized spacial score (nSPS) is 16.7. The average molecular weight is 415 g/mol. The molecule has 0 unspecified atom stereocenters. The Morgan fingerprint density at radius 3 is 2.87 bits per heavy atom. The Labute approximate surface area is 180 Å². The Bertz CT molecular complexity index is 1200. The molecule has 1 saturated heterocycles. The maximum absolute atomic E-state index is 13.2. The van der Waals surface area contributed by atoms with E-state index in [1.807, 2.05) is 35.2 Å². The lowest BCUT2D eigenvalue weighted by Gasteiger charge is -2.33. The number of carbonyl (C=O) groups is 1. The Morgan fingerprint density at radius 1 is 1.13 bits per heavy atom. The van der Waals surface area contributed by atoms with Crippen molar-refractivity contribution in [2.24, 2.45) is 0 Å². The lowest BCUT2D eigenvalue weighted by Crippen LogP contribution is -2.39. The van der Waals surface area contributed by atoms with Crippen LogP contribution in [0.3, 0.4) is 0 Å². The van der Waals surface area contributed by atoms with Crippen LogP contribution < -0.4 is 0 Å². The Morgan fingerprint density at radius 2 is 2.00 bits per heavy atom. The molecule has 7 heteroatoms. The second kappa shape index (κ2) is 8.34. The third-order valence-electron chi connectivity index (χ3n) is 6.00. The molecule has 31 heavy (non-hydrogen) atoms. The first kappa shape index (κ1) is 19.5. The van der Waals surface area contributed by atoms with E-state index in [4.69, 9.17) is 4.42 Å². The van der Waals surface area contributed by atoms with Gasteiger partial charge in [-0.2, -0.15) is 0 Å². The monoisotopic (exact) mass is 415 g/mol. The summed E-state index contributed by atoms with van der Waals surface area (Å²) >= 11 is 0. The van der Waals surface area contributed by atoms with Crippen LogP contribution in [-0.4, -0.2) is 37.1 Å². The summed E-state index contributed by atoms with van der Waals surface area (Å²) in [5, 5.41) is 9.63. The number of pyridine rings is 1. The number of nitrogens with zero attached hydrogens (tertiary/aromatic N) is 5. The van der Waals surface area contributed by atoms with E-state index in [1.165, 1.54) is 16.6 Å². The fraction of sp³-hybridized carbons (Fsp3) is 0.333. The molecule has 1 fully saturated rings. The topological polar surface area (TPSA) is 77.1 Å². The molecule has 4 heterocycles. The summed E-state index contributed by atoms with van der Waals surface area (Å²) in [7, 11) is 0. The number of rotatable bonds is 5. The molecule has 158 valence electrons. The fourth-order valence-corrected chi connectivity index (χ4v) is 4.45. The number of piperidine rings is 1. The first-order chi connectivity index (χ1) is 15.2. The van der Waals surface area contributed by atoms with Gasteiger partial charge in [0.25, 0.3) is 5.89 Å². The fourth-order valence-electron chi connectivity index (χ4n) is 4.45. The number of carbonyl (C=O) groups excluding carboxylic acids is 1. The minimum Gasteiger partial charge on any atom is -0.417 e. The van der Waals surface area contributed by atoms with Crippen molar-refractivity contribution in [2.75, 3.05) is 6.54 Å². The van der Waals surface area contributed by atoms with Gasteiger partial charge in [-0.3, -0.25) is 9.78 Å². The second-order valence-electron chi connectivity index (χ2n) is 8.01. The predicted octanol–water partition coefficient (Wildman–Crippen LogP) is 4.54. The van der Waals surface area contributed by atoms with Crippen molar-refractivity contribution in [1.82, 2.24) is 24.6 Å². The van der Waals surface area contributed by atoms with Crippen LogP contribution in [0.2, 0.25) is 0 Å². The summed E-state index contributed by atoms with van der Waals surface area (Å²) in [6, 6.07) is 15.9. The van der Waals surface area contributed by atoms with E-state index in [1.54, 1.807) is 6.20 Å². The summed E-state index contributed by atoms with van der Waals surface area (Å²) in [5.74, 6) is 1.01. The average Bonchev–Trinajstić information content (AvgIpc) is 3.42. The summed E-state index contributed by atoms with van der Waals surface area (Å²) in [5.41, 5.74) is 2.98. The molecule has 0 saturated carbocycles. The molecular formula is C24H25N5O2. The van der Waals surface area contributed by atoms with Crippen LogP contribution in [0, 0.1) is 6.92 Å². The zero-order chi connectivity index (χ0) is 21.2. The van der Waals surface area contributed by atoms with Crippen molar-refractivity contribution in [3.8, 4) is 11.6 Å². The van der Waals surface area contributed by atoms with Gasteiger partial charge in [0.2, 0.25) is 11.8 Å². The number of aromatic nitrogens is 4. The third kappa shape index (κ3) is 3.83. The van der Waals surface area contributed by atoms with E-state index in [-0.39, 0.29) is 11.9 Å². The molecule has 1 aliphatic rings. The minimum absolute atomic E-state index is 0.125. The number of benzene rings is 1. The van der Waals surface area contributed by atoms with Gasteiger partial charge < -0.3 is 13.9 Å². The van der Waals surface area contributed by atoms with Crippen LogP contribution in [-0.2, 0) is 11.3 Å². The Kier molecular flexibility index (Phi) is 5.24. The highest BCUT2D eigenvalue weighted by molar-refractivity contribution is 5.82. The van der Waals surface area contributed by atoms with Crippen LogP contribution in [0.25, 0.3) is 22.5 Å². The van der Waals surface area contributed by atoms with Crippen molar-refractivity contribution in [3.05, 3.63) is 66.3 Å². The van der Waals surface area contributed by atoms with E-state index < -0.39 is 0 Å². The number of hydrogen-bond donors (Lipinski definition) is 0. The highest BCUT2D eigenvalue weighted by atomic mass is 16.4. The smallest absolute Gasteiger partial charge is 0.266 e. The van der Waals surface area contributed by atoms with Crippen molar-refractivity contribution in [1.29, 1.82) is 0 Å². The summed E-state index contributed by atoms with van der Waals surface area (Å²) in [4.78, 5) is 19.4. The van der Waals surface area contributed by atoms with Crippen molar-refractivity contribution >= 4 is 16.8 Å². The van der Waals surface area contributed by atoms with E-state index in [9.17, 15) is 4.79 Å². The maximum atomic E-state index is 13.2. The van der Waals surface area contributed by atoms with Crippen LogP contribution in [0.5, 0.6) is 0 Å². The zero-order valence-electron chi connectivity index (χ0n) is 17.6. The van der Waals surface area contributed by atoms with E-state index in [0.717, 1.165) is 25.8 Å². The molecule has 0 bridgehead atoms. The maximum Gasteiger partial charge on any atom is 0.266 e. The van der Waals surface area contributed by atoms with Gasteiger partial charge in [0.1, 0.15) is 11.7 Å². The third-order valence-corrected chi connectivity index (χ3v) is 6.00. The van der Waals surface area contributed by atoms with Crippen molar-refractivity contribution in [3.63, 3.8) is 0 Å². The molecule has 7 nitrogen and oxygen atoms in total. The summed E-state index contributed by atoms with van der Waals surface area (Å²) < 4.78 is 8.15. The van der Waals surface area contributed by atoms with E-state index in [2.05, 4.69) is 44.9 Å². The minimum atomic E-state index is -0.172. The highest BCUT2D eigenvalue weighted by Gasteiger charge is 2.32. The van der Waals surface area contributed by atoms with Crippen LogP contribution in [0.1, 0.15) is 43.3 Å². The van der Waals surface area contributed by atoms with Gasteiger partial charge in [0.15, 0.2) is 0 Å². The first-order valence-electron chi connectivity index (χ1n) is 10.8. The highest BCUT2D eigenvalue weighted by Crippen LogP contribution is 2.32. The molecule has 0 spiro atoms. The predicted molar refractivity (Wildman–Crippen MR) is 117 cm³/mol. The van der Waals surface area contributed by atoms with E-state index >= 15 is 0 Å². The van der Waals surface area contributed by atoms with Gasteiger partial charge in [-0.15, -0.1) is 10.2 Å². The molecule has 0 N–H and O–H groups in total. The van der Waals surface area contributed by atoms with Gasteiger partial charge in [-0.25, -0.2) is 0 Å². The lowest BCUT2D eigenvalue weighted by atomic mass is 10.0. The number of amides is 1. The second-order valence-corrected chi connectivity index (χ2v) is 8.01. The van der Waals surface area contributed by atoms with Gasteiger partial charge in [-0.05, 0) is 55.8 Å². The van der Waals surface area contributed by atoms with Crippen LogP contribution in [0.15, 0.2) is 59.1 Å². The summed E-state index contributed by atoms with van der Waals surface area (Å²) in [6.07, 6.45) is 5.01. The molecule has 4 aromatic rings. The van der Waals surface area contributed by atoms with Gasteiger partial charge in [0.05, 0.1) is 0 Å². The van der Waals surface area contributed by atoms with Crippen LogP contribution in [0.4, 0.5) is 0 Å². The molecule has 1 amide bonds. The molecule has 3 aromatic heterocycles. The molecule has 1 aromatic carbocycles. The van der Waals surface area contributed by atoms with Gasteiger partial charge in [-0.1, -0.05) is 24.3 Å². The molecule has 5 rings (SSSR count). The molecule has 0 aliphatic carbocycles. The largest absolute Gasteiger partial charge is 0.417 e. The molecule has 0 radical (unpaired) electrons. The number of para-hydroxylation sites is 1. The molecule has 1 aliphatic heterocycles. The number of fused-ring (bicyclic) bond motifs is 1. The first-order valence-corrected chi connectivity index (χ1v) is 10.8. The number of hydrogen-bond acceptors (Lipinski definition) is 5. The molecule has 1 atom stereocenters. The van der Waals surface area contributed by atoms with Crippen molar-refractivity contribution in [2.45, 2.75) is 45.2 Å². The number of aryl methyl sites for hydroxylation is 2. The SMILES string of the molecule is Cc1cc2ccccc2n1CCC(=O)N1CCCC[C@H]1c1nnc(-c2ccccn2)o1. The Balaban J connectivity index is 1.33. The van der Waals surface area contributed by atoms with Crippen molar-refractivity contribution < 1.29 is 9.21 Å².